The van der Waals surface area contributed by atoms with Gasteiger partial charge in [0.15, 0.2) is 5.82 Å². The third kappa shape index (κ3) is 3.16. The fourth-order valence-corrected chi connectivity index (χ4v) is 1.90. The summed E-state index contributed by atoms with van der Waals surface area (Å²) in [7, 11) is 0. The molecule has 3 aromatic rings. The number of nitrogens with zero attached hydrogens (tertiary/aromatic N) is 4. The van der Waals surface area contributed by atoms with Gasteiger partial charge in [0.1, 0.15) is 6.07 Å². The topological polar surface area (TPSA) is 86.5 Å². The number of para-hydroxylation sites is 2. The number of nitrogens with one attached hydrogen (secondary N) is 2. The number of benzene rings is 2. The van der Waals surface area contributed by atoms with Crippen LogP contribution in [-0.4, -0.2) is 15.2 Å². The summed E-state index contributed by atoms with van der Waals surface area (Å²) >= 11 is 0. The summed E-state index contributed by atoms with van der Waals surface area (Å²) < 4.78 is 0. The van der Waals surface area contributed by atoms with E-state index in [1.54, 1.807) is 18.2 Å². The molecule has 22 heavy (non-hydrogen) atoms. The molecule has 1 heterocycles. The van der Waals surface area contributed by atoms with Crippen LogP contribution >= 0.6 is 0 Å². The van der Waals surface area contributed by atoms with Gasteiger partial charge in [-0.15, -0.1) is 5.10 Å². The number of hydrogen-bond donors (Lipinski definition) is 2. The van der Waals surface area contributed by atoms with Crippen molar-refractivity contribution in [3.63, 3.8) is 0 Å². The van der Waals surface area contributed by atoms with Gasteiger partial charge in [0.2, 0.25) is 5.95 Å². The maximum atomic E-state index is 9.09. The van der Waals surface area contributed by atoms with E-state index >= 15 is 0 Å². The van der Waals surface area contributed by atoms with Crippen LogP contribution in [0.1, 0.15) is 5.56 Å². The van der Waals surface area contributed by atoms with E-state index in [0.717, 1.165) is 5.69 Å². The van der Waals surface area contributed by atoms with Gasteiger partial charge in [-0.3, -0.25) is 0 Å². The standard InChI is InChI=1S/C16H12N6/c17-10-12-6-4-5-9-14(12)20-16-21-15(11-18-22-16)19-13-7-2-1-3-8-13/h1-9,11H,(H2,19,20,21,22). The van der Waals surface area contributed by atoms with Gasteiger partial charge in [-0.1, -0.05) is 30.3 Å². The molecule has 0 radical (unpaired) electrons. The Balaban J connectivity index is 1.81. The molecule has 0 bridgehead atoms. The summed E-state index contributed by atoms with van der Waals surface area (Å²) in [6.07, 6.45) is 1.54. The zero-order valence-electron chi connectivity index (χ0n) is 11.6. The van der Waals surface area contributed by atoms with E-state index in [-0.39, 0.29) is 0 Å². The minimum absolute atomic E-state index is 0.323. The van der Waals surface area contributed by atoms with Gasteiger partial charge in [-0.25, -0.2) is 0 Å². The van der Waals surface area contributed by atoms with Gasteiger partial charge < -0.3 is 10.6 Å². The van der Waals surface area contributed by atoms with Gasteiger partial charge in [-0.05, 0) is 24.3 Å². The van der Waals surface area contributed by atoms with Crippen LogP contribution in [0.25, 0.3) is 0 Å². The van der Waals surface area contributed by atoms with Crippen molar-refractivity contribution in [3.05, 3.63) is 66.4 Å². The van der Waals surface area contributed by atoms with Crippen molar-refractivity contribution < 1.29 is 0 Å². The van der Waals surface area contributed by atoms with Gasteiger partial charge in [0, 0.05) is 5.69 Å². The molecule has 0 saturated heterocycles. The molecule has 0 atom stereocenters. The Morgan fingerprint density at radius 3 is 2.50 bits per heavy atom. The molecule has 0 fully saturated rings. The molecule has 0 amide bonds. The van der Waals surface area contributed by atoms with Crippen molar-refractivity contribution in [1.82, 2.24) is 15.2 Å². The predicted molar refractivity (Wildman–Crippen MR) is 84.0 cm³/mol. The molecular formula is C16H12N6. The van der Waals surface area contributed by atoms with Crippen molar-refractivity contribution in [2.75, 3.05) is 10.6 Å². The third-order valence-electron chi connectivity index (χ3n) is 2.90. The Morgan fingerprint density at radius 2 is 1.68 bits per heavy atom. The van der Waals surface area contributed by atoms with E-state index < -0.39 is 0 Å². The van der Waals surface area contributed by atoms with E-state index in [2.05, 4.69) is 31.9 Å². The van der Waals surface area contributed by atoms with Crippen LogP contribution in [0.4, 0.5) is 23.1 Å². The molecule has 0 aliphatic carbocycles. The molecule has 0 unspecified atom stereocenters. The first-order chi connectivity index (χ1) is 10.8. The van der Waals surface area contributed by atoms with Crippen molar-refractivity contribution >= 4 is 23.1 Å². The predicted octanol–water partition coefficient (Wildman–Crippen LogP) is 3.23. The SMILES string of the molecule is N#Cc1ccccc1Nc1nncc(Nc2ccccc2)n1. The molecule has 0 aliphatic rings. The van der Waals surface area contributed by atoms with Crippen LogP contribution in [0.5, 0.6) is 0 Å². The first-order valence-electron chi connectivity index (χ1n) is 6.63. The van der Waals surface area contributed by atoms with Gasteiger partial charge in [0.25, 0.3) is 0 Å². The summed E-state index contributed by atoms with van der Waals surface area (Å²) in [5.74, 6) is 0.891. The first-order valence-corrected chi connectivity index (χ1v) is 6.63. The Kier molecular flexibility index (Phi) is 3.89. The van der Waals surface area contributed by atoms with Crippen molar-refractivity contribution in [1.29, 1.82) is 5.26 Å². The monoisotopic (exact) mass is 288 g/mol. The molecule has 2 N–H and O–H groups in total. The Hall–Kier alpha value is -3.46. The average Bonchev–Trinajstić information content (AvgIpc) is 2.57. The molecule has 3 rings (SSSR count). The van der Waals surface area contributed by atoms with E-state index in [1.807, 2.05) is 36.4 Å². The zero-order chi connectivity index (χ0) is 15.2. The summed E-state index contributed by atoms with van der Waals surface area (Å²) in [6.45, 7) is 0. The summed E-state index contributed by atoms with van der Waals surface area (Å²) in [6, 6.07) is 18.9. The lowest BCUT2D eigenvalue weighted by atomic mass is 10.2. The molecule has 0 spiro atoms. The normalized spacial score (nSPS) is 9.77. The van der Waals surface area contributed by atoms with Crippen LogP contribution in [-0.2, 0) is 0 Å². The average molecular weight is 288 g/mol. The second-order valence-corrected chi connectivity index (χ2v) is 4.44. The lowest BCUT2D eigenvalue weighted by Crippen LogP contribution is -2.03. The summed E-state index contributed by atoms with van der Waals surface area (Å²) in [5, 5.41) is 23.1. The maximum Gasteiger partial charge on any atom is 0.249 e. The minimum Gasteiger partial charge on any atom is -0.339 e. The maximum absolute atomic E-state index is 9.09. The summed E-state index contributed by atoms with van der Waals surface area (Å²) in [5.41, 5.74) is 2.07. The quantitative estimate of drug-likeness (QED) is 0.766. The number of hydrogen-bond acceptors (Lipinski definition) is 6. The second-order valence-electron chi connectivity index (χ2n) is 4.44. The van der Waals surface area contributed by atoms with Gasteiger partial charge in [0.05, 0.1) is 17.4 Å². The van der Waals surface area contributed by atoms with Crippen molar-refractivity contribution in [2.24, 2.45) is 0 Å². The second kappa shape index (κ2) is 6.33. The highest BCUT2D eigenvalue weighted by Gasteiger charge is 2.05. The highest BCUT2D eigenvalue weighted by atomic mass is 15.3. The first kappa shape index (κ1) is 13.5. The molecule has 1 aromatic heterocycles. The lowest BCUT2D eigenvalue weighted by molar-refractivity contribution is 0.982. The third-order valence-corrected chi connectivity index (χ3v) is 2.90. The molecule has 6 heteroatoms. The highest BCUT2D eigenvalue weighted by molar-refractivity contribution is 5.63. The Bertz CT molecular complexity index is 810. The highest BCUT2D eigenvalue weighted by Crippen LogP contribution is 2.19. The number of aromatic nitrogens is 3. The number of nitriles is 1. The molecular weight excluding hydrogens is 276 g/mol. The van der Waals surface area contributed by atoms with E-state index in [0.29, 0.717) is 23.0 Å². The van der Waals surface area contributed by atoms with Crippen LogP contribution in [0.15, 0.2) is 60.8 Å². The molecule has 106 valence electrons. The summed E-state index contributed by atoms with van der Waals surface area (Å²) in [4.78, 5) is 4.33. The van der Waals surface area contributed by atoms with Crippen molar-refractivity contribution in [2.45, 2.75) is 0 Å². The zero-order valence-corrected chi connectivity index (χ0v) is 11.6. The molecule has 2 aromatic carbocycles. The smallest absolute Gasteiger partial charge is 0.249 e. The van der Waals surface area contributed by atoms with E-state index in [9.17, 15) is 0 Å². The van der Waals surface area contributed by atoms with E-state index in [1.165, 1.54) is 6.20 Å². The van der Waals surface area contributed by atoms with Crippen LogP contribution < -0.4 is 10.6 Å². The largest absolute Gasteiger partial charge is 0.339 e. The lowest BCUT2D eigenvalue weighted by Gasteiger charge is -2.08. The molecule has 6 nitrogen and oxygen atoms in total. The minimum atomic E-state index is 0.323. The van der Waals surface area contributed by atoms with Crippen LogP contribution in [0.3, 0.4) is 0 Å². The van der Waals surface area contributed by atoms with Crippen LogP contribution in [0.2, 0.25) is 0 Å². The van der Waals surface area contributed by atoms with Crippen molar-refractivity contribution in [3.8, 4) is 6.07 Å². The van der Waals surface area contributed by atoms with Gasteiger partial charge in [-0.2, -0.15) is 15.3 Å². The van der Waals surface area contributed by atoms with Gasteiger partial charge >= 0.3 is 0 Å². The molecule has 0 saturated carbocycles. The fraction of sp³-hybridized carbons (Fsp3) is 0. The molecule has 0 aliphatic heterocycles. The fourth-order valence-electron chi connectivity index (χ4n) is 1.90. The van der Waals surface area contributed by atoms with E-state index in [4.69, 9.17) is 5.26 Å². The Morgan fingerprint density at radius 1 is 0.909 bits per heavy atom. The number of anilines is 4. The number of rotatable bonds is 4. The Labute approximate surface area is 127 Å². The van der Waals surface area contributed by atoms with Crippen LogP contribution in [0, 0.1) is 11.3 Å².